The number of hydrogen-bond donors (Lipinski definition) is 1. The van der Waals surface area contributed by atoms with Crippen LogP contribution in [0.15, 0.2) is 12.3 Å². The number of urea groups is 1. The van der Waals surface area contributed by atoms with Gasteiger partial charge in [-0.1, -0.05) is 12.8 Å². The molecule has 1 saturated carbocycles. The molecule has 0 aromatic carbocycles. The lowest BCUT2D eigenvalue weighted by atomic mass is 9.94. The molecule has 2 saturated heterocycles. The molecule has 8 heteroatoms. The fraction of sp³-hybridized carbons (Fsp3) is 0.750. The maximum absolute atomic E-state index is 12.8. The van der Waals surface area contributed by atoms with E-state index in [0.717, 1.165) is 31.8 Å². The van der Waals surface area contributed by atoms with Crippen molar-refractivity contribution in [2.75, 3.05) is 49.7 Å². The monoisotopic (exact) mass is 389 g/mol. The molecule has 1 unspecified atom stereocenters. The first kappa shape index (κ1) is 19.4. The van der Waals surface area contributed by atoms with E-state index in [1.807, 2.05) is 6.07 Å². The molecule has 1 aromatic heterocycles. The van der Waals surface area contributed by atoms with Gasteiger partial charge in [-0.15, -0.1) is 0 Å². The van der Waals surface area contributed by atoms with Gasteiger partial charge in [0.05, 0.1) is 19.8 Å². The van der Waals surface area contributed by atoms with E-state index < -0.39 is 0 Å². The Morgan fingerprint density at radius 3 is 2.96 bits per heavy atom. The summed E-state index contributed by atoms with van der Waals surface area (Å²) in [5.74, 6) is 1.25. The van der Waals surface area contributed by atoms with Crippen molar-refractivity contribution in [2.45, 2.75) is 57.1 Å². The van der Waals surface area contributed by atoms with E-state index in [0.29, 0.717) is 38.3 Å². The quantitative estimate of drug-likeness (QED) is 0.853. The molecule has 1 atom stereocenters. The predicted molar refractivity (Wildman–Crippen MR) is 107 cm³/mol. The van der Waals surface area contributed by atoms with E-state index in [4.69, 9.17) is 9.47 Å². The molecule has 1 spiro atoms. The molecular formula is C20H31N5O3. The Hall–Kier alpha value is -1.93. The maximum atomic E-state index is 12.8. The van der Waals surface area contributed by atoms with E-state index in [2.05, 4.69) is 27.1 Å². The fourth-order valence-electron chi connectivity index (χ4n) is 4.65. The molecule has 4 rings (SSSR count). The smallest absolute Gasteiger partial charge is 0.324 e. The van der Waals surface area contributed by atoms with Gasteiger partial charge in [-0.2, -0.15) is 4.98 Å². The zero-order chi connectivity index (χ0) is 19.4. The molecule has 154 valence electrons. The third-order valence-corrected chi connectivity index (χ3v) is 6.08. The number of aromatic nitrogens is 2. The van der Waals surface area contributed by atoms with Crippen molar-refractivity contribution in [3.8, 4) is 0 Å². The standard InChI is InChI=1S/C20H31N5O3/c1-2-25(16-6-3-4-7-16)17-8-10-21-18(22-17)23-19(26)24-11-13-28-20(14-24)9-5-12-27-15-20/h8,10,16H,2-7,9,11-15H2,1H3,(H,21,22,23,26). The van der Waals surface area contributed by atoms with Crippen LogP contribution in [-0.4, -0.2) is 72.0 Å². The Bertz CT molecular complexity index is 668. The number of hydrogen-bond acceptors (Lipinski definition) is 6. The first-order valence-electron chi connectivity index (χ1n) is 10.6. The van der Waals surface area contributed by atoms with Crippen LogP contribution in [0.2, 0.25) is 0 Å². The van der Waals surface area contributed by atoms with Gasteiger partial charge in [0.15, 0.2) is 0 Å². The summed E-state index contributed by atoms with van der Waals surface area (Å²) in [6, 6.07) is 2.30. The fourth-order valence-corrected chi connectivity index (χ4v) is 4.65. The molecule has 0 bridgehead atoms. The minimum absolute atomic E-state index is 0.172. The number of ether oxygens (including phenoxy) is 2. The number of rotatable bonds is 4. The lowest BCUT2D eigenvalue weighted by Crippen LogP contribution is -2.58. The van der Waals surface area contributed by atoms with Gasteiger partial charge in [0.2, 0.25) is 5.95 Å². The van der Waals surface area contributed by atoms with Crippen molar-refractivity contribution in [1.29, 1.82) is 0 Å². The normalized spacial score (nSPS) is 25.8. The number of carbonyl (C=O) groups is 1. The summed E-state index contributed by atoms with van der Waals surface area (Å²) in [5, 5.41) is 2.89. The molecule has 8 nitrogen and oxygen atoms in total. The lowest BCUT2D eigenvalue weighted by molar-refractivity contribution is -0.159. The Morgan fingerprint density at radius 2 is 2.21 bits per heavy atom. The van der Waals surface area contributed by atoms with Crippen LogP contribution in [0.3, 0.4) is 0 Å². The summed E-state index contributed by atoms with van der Waals surface area (Å²) in [6.45, 7) is 6.02. The van der Waals surface area contributed by atoms with E-state index in [1.165, 1.54) is 25.7 Å². The minimum Gasteiger partial charge on any atom is -0.378 e. The van der Waals surface area contributed by atoms with E-state index in [1.54, 1.807) is 11.1 Å². The first-order valence-corrected chi connectivity index (χ1v) is 10.6. The van der Waals surface area contributed by atoms with Crippen molar-refractivity contribution in [1.82, 2.24) is 14.9 Å². The third kappa shape index (κ3) is 4.22. The van der Waals surface area contributed by atoms with Gasteiger partial charge >= 0.3 is 6.03 Å². The predicted octanol–water partition coefficient (Wildman–Crippen LogP) is 2.66. The Morgan fingerprint density at radius 1 is 1.36 bits per heavy atom. The van der Waals surface area contributed by atoms with Crippen LogP contribution >= 0.6 is 0 Å². The number of morpholine rings is 1. The van der Waals surface area contributed by atoms with Crippen LogP contribution in [0, 0.1) is 0 Å². The van der Waals surface area contributed by atoms with E-state index in [-0.39, 0.29) is 11.6 Å². The van der Waals surface area contributed by atoms with Crippen molar-refractivity contribution in [3.63, 3.8) is 0 Å². The largest absolute Gasteiger partial charge is 0.378 e. The number of anilines is 2. The molecule has 3 aliphatic rings. The van der Waals surface area contributed by atoms with Gasteiger partial charge in [0.1, 0.15) is 11.4 Å². The molecule has 1 aromatic rings. The van der Waals surface area contributed by atoms with Gasteiger partial charge in [-0.25, -0.2) is 9.78 Å². The van der Waals surface area contributed by atoms with Crippen LogP contribution < -0.4 is 10.2 Å². The molecule has 2 amide bonds. The summed E-state index contributed by atoms with van der Waals surface area (Å²) in [4.78, 5) is 25.8. The molecule has 1 N–H and O–H groups in total. The summed E-state index contributed by atoms with van der Waals surface area (Å²) in [6.07, 6.45) is 8.58. The van der Waals surface area contributed by atoms with Gasteiger partial charge in [-0.05, 0) is 38.7 Å². The topological polar surface area (TPSA) is 79.8 Å². The second-order valence-corrected chi connectivity index (χ2v) is 8.00. The SMILES string of the molecule is CCN(c1ccnc(NC(=O)N2CCOC3(CCCOC3)C2)n1)C1CCCC1. The molecule has 1 aliphatic carbocycles. The minimum atomic E-state index is -0.363. The second-order valence-electron chi connectivity index (χ2n) is 8.00. The molecule has 28 heavy (non-hydrogen) atoms. The zero-order valence-corrected chi connectivity index (χ0v) is 16.7. The van der Waals surface area contributed by atoms with E-state index in [9.17, 15) is 4.79 Å². The Kier molecular flexibility index (Phi) is 5.96. The van der Waals surface area contributed by atoms with Crippen molar-refractivity contribution < 1.29 is 14.3 Å². The number of nitrogens with one attached hydrogen (secondary N) is 1. The highest BCUT2D eigenvalue weighted by Crippen LogP contribution is 2.29. The van der Waals surface area contributed by atoms with Gasteiger partial charge in [0, 0.05) is 31.9 Å². The lowest BCUT2D eigenvalue weighted by Gasteiger charge is -2.44. The molecule has 3 fully saturated rings. The first-order chi connectivity index (χ1) is 13.7. The van der Waals surface area contributed by atoms with Gasteiger partial charge in [-0.3, -0.25) is 5.32 Å². The van der Waals surface area contributed by atoms with Crippen molar-refractivity contribution in [3.05, 3.63) is 12.3 Å². The van der Waals surface area contributed by atoms with Crippen LogP contribution in [0.5, 0.6) is 0 Å². The molecule has 2 aliphatic heterocycles. The number of amides is 2. The summed E-state index contributed by atoms with van der Waals surface area (Å²) in [5.41, 5.74) is -0.363. The number of nitrogens with zero attached hydrogens (tertiary/aromatic N) is 4. The zero-order valence-electron chi connectivity index (χ0n) is 16.7. The van der Waals surface area contributed by atoms with Gasteiger partial charge in [0.25, 0.3) is 0 Å². The average molecular weight is 390 g/mol. The average Bonchev–Trinajstić information content (AvgIpc) is 3.24. The van der Waals surface area contributed by atoms with Crippen LogP contribution in [-0.2, 0) is 9.47 Å². The Labute approximate surface area is 166 Å². The second kappa shape index (κ2) is 8.61. The van der Waals surface area contributed by atoms with Crippen LogP contribution in [0.25, 0.3) is 0 Å². The summed E-state index contributed by atoms with van der Waals surface area (Å²) in [7, 11) is 0. The van der Waals surface area contributed by atoms with Crippen LogP contribution in [0.1, 0.15) is 45.4 Å². The highest BCUT2D eigenvalue weighted by atomic mass is 16.5. The van der Waals surface area contributed by atoms with E-state index >= 15 is 0 Å². The Balaban J connectivity index is 1.41. The van der Waals surface area contributed by atoms with Gasteiger partial charge < -0.3 is 19.3 Å². The van der Waals surface area contributed by atoms with Crippen LogP contribution in [0.4, 0.5) is 16.6 Å². The van der Waals surface area contributed by atoms with Crippen molar-refractivity contribution >= 4 is 17.8 Å². The molecule has 3 heterocycles. The number of carbonyl (C=O) groups excluding carboxylic acids is 1. The highest BCUT2D eigenvalue weighted by Gasteiger charge is 2.40. The summed E-state index contributed by atoms with van der Waals surface area (Å²) >= 11 is 0. The van der Waals surface area contributed by atoms with Crippen molar-refractivity contribution in [2.24, 2.45) is 0 Å². The molecule has 0 radical (unpaired) electrons. The maximum Gasteiger partial charge on any atom is 0.324 e. The third-order valence-electron chi connectivity index (χ3n) is 6.08. The highest BCUT2D eigenvalue weighted by molar-refractivity contribution is 5.87. The summed E-state index contributed by atoms with van der Waals surface area (Å²) < 4.78 is 11.6. The molecular weight excluding hydrogens is 358 g/mol.